The fourth-order valence-corrected chi connectivity index (χ4v) is 15.3. The fourth-order valence-electron chi connectivity index (χ4n) is 12.5. The summed E-state index contributed by atoms with van der Waals surface area (Å²) in [5.74, 6) is -19.6. The zero-order valence-corrected chi connectivity index (χ0v) is 71.3. The average Bonchev–Trinajstić information content (AvgIpc) is 1.70. The number of aromatic amines is 1. The van der Waals surface area contributed by atoms with E-state index in [1.54, 1.807) is 43.5 Å². The number of aromatic hydroxyl groups is 1. The number of H-pyrrole nitrogens is 1. The van der Waals surface area contributed by atoms with Gasteiger partial charge in [0.1, 0.15) is 78.3 Å². The number of carboxylic acid groups (broad SMARTS) is 1. The van der Waals surface area contributed by atoms with Crippen LogP contribution in [0.5, 0.6) is 5.75 Å². The Balaban J connectivity index is 1.66. The molecule has 2 aromatic carbocycles. The number of aromatic nitrogens is 2. The van der Waals surface area contributed by atoms with Crippen molar-refractivity contribution in [2.24, 2.45) is 66.8 Å². The average molecular weight is 1800 g/mol. The largest absolute Gasteiger partial charge is 0.508 e. The van der Waals surface area contributed by atoms with Gasteiger partial charge < -0.3 is 140 Å². The second-order valence-corrected chi connectivity index (χ2v) is 32.6. The molecule has 124 heavy (non-hydrogen) atoms. The molecule has 682 valence electrons. The zero-order valence-electron chi connectivity index (χ0n) is 68.9. The van der Waals surface area contributed by atoms with Crippen LogP contribution in [0.2, 0.25) is 0 Å². The molecule has 49 heteroatoms. The number of imidazole rings is 1. The van der Waals surface area contributed by atoms with E-state index in [4.69, 9.17) is 45.9 Å². The van der Waals surface area contributed by atoms with Gasteiger partial charge in [0.2, 0.25) is 88.6 Å². The number of carboxylic acids is 1. The van der Waals surface area contributed by atoms with E-state index in [1.165, 1.54) is 55.5 Å². The van der Waals surface area contributed by atoms with Crippen LogP contribution in [0.3, 0.4) is 0 Å². The smallest absolute Gasteiger partial charge is 0.305 e. The Bertz CT molecular complexity index is 4200. The summed E-state index contributed by atoms with van der Waals surface area (Å²) in [6, 6.07) is -7.32. The number of hydrogen-bond donors (Lipinski definition) is 25. The number of nitrogens with two attached hydrogens (primary N) is 8. The molecule has 0 unspecified atom stereocenters. The van der Waals surface area contributed by atoms with E-state index in [1.807, 2.05) is 0 Å². The van der Waals surface area contributed by atoms with Crippen molar-refractivity contribution in [2.45, 2.75) is 182 Å². The lowest BCUT2D eigenvalue weighted by molar-refractivity contribution is -0.144. The standard InChI is InChI=1S/C75H115N27O19S3/c1-4-39(2)59-71(120)98-52(35-103)67(116)100-54(69(118)95-49(29-41-18-20-43(104)21-19-41)64(113)92-45(60(77)109)14-8-23-85-73(78)79)37-124-123-36-53(99-61(110)44(76)22-27-122-3)68(117)96-50(30-42-32-84-38-90-42)65(114)94-48(28-40-12-6-5-7-13-40)62(111)89-33-56(105)88-34-57(106)91-47(16-10-25-87-75(82)83)72(121)102-26-11-17-55(102)70(119)97-51(31-58(107)108)66(115)93-46(63(112)101-59)15-9-24-86-74(80)81/h5-7,12-13,18-21,32,38-39,44-55,59,103-104H,4,8-11,14-17,22-31,33-37,76H2,1-3H3,(H2,77,109)(H,84,90)(H,88,105)(H,89,111)(H,91,106)(H,92,113)(H,93,115)(H,94,114)(H,95,118)(H,96,117)(H,97,119)(H,98,120)(H,99,110)(H,100,116)(H,101,112)(H,107,108)(H4,78,79,85)(H4,80,81,86)(H4,82,83,87)/t39-,44-,45-,46-,47+,48+,49-,50-,51+,52-,53-,54-,55-,59+/m0/s1. The number of benzene rings is 2. The number of aliphatic carboxylic acids is 1. The molecule has 0 radical (unpaired) electrons. The minimum atomic E-state index is -2.00. The maximum atomic E-state index is 15.1. The summed E-state index contributed by atoms with van der Waals surface area (Å²) < 4.78 is 0. The Morgan fingerprint density at radius 1 is 0.613 bits per heavy atom. The lowest BCUT2D eigenvalue weighted by atomic mass is 9.97. The van der Waals surface area contributed by atoms with Crippen molar-refractivity contribution in [1.29, 1.82) is 0 Å². The zero-order chi connectivity index (χ0) is 91.5. The van der Waals surface area contributed by atoms with E-state index in [0.717, 1.165) is 26.5 Å². The number of amides is 15. The first kappa shape index (κ1) is 102. The van der Waals surface area contributed by atoms with Crippen LogP contribution in [0.4, 0.5) is 0 Å². The number of aliphatic hydroxyl groups excluding tert-OH is 1. The molecule has 15 amide bonds. The minimum absolute atomic E-state index is 0.0134. The molecule has 14 atom stereocenters. The Morgan fingerprint density at radius 3 is 1.81 bits per heavy atom. The van der Waals surface area contributed by atoms with Gasteiger partial charge in [0.15, 0.2) is 17.9 Å². The molecular weight excluding hydrogens is 1680 g/mol. The Kier molecular flexibility index (Phi) is 44.2. The van der Waals surface area contributed by atoms with Gasteiger partial charge in [0, 0.05) is 63.1 Å². The number of nitrogens with zero attached hydrogens (tertiary/aromatic N) is 5. The second-order valence-electron chi connectivity index (χ2n) is 29.0. The number of aliphatic hydroxyl groups is 1. The van der Waals surface area contributed by atoms with E-state index in [0.29, 0.717) is 16.9 Å². The summed E-state index contributed by atoms with van der Waals surface area (Å²) in [6.45, 7) is 0.0301. The highest BCUT2D eigenvalue weighted by molar-refractivity contribution is 8.76. The van der Waals surface area contributed by atoms with Crippen molar-refractivity contribution in [1.82, 2.24) is 84.0 Å². The molecule has 5 rings (SSSR count). The topological polar surface area (TPSA) is 767 Å². The van der Waals surface area contributed by atoms with Gasteiger partial charge in [-0.15, -0.1) is 0 Å². The minimum Gasteiger partial charge on any atom is -0.508 e. The summed E-state index contributed by atoms with van der Waals surface area (Å²) in [7, 11) is 1.60. The van der Waals surface area contributed by atoms with Crippen molar-refractivity contribution < 1.29 is 92.0 Å². The first-order valence-electron chi connectivity index (χ1n) is 39.8. The molecule has 3 aromatic rings. The second kappa shape index (κ2) is 53.6. The molecule has 33 N–H and O–H groups in total. The van der Waals surface area contributed by atoms with Gasteiger partial charge in [-0.1, -0.05) is 84.3 Å². The quantitative estimate of drug-likeness (QED) is 0.0117. The van der Waals surface area contributed by atoms with Gasteiger partial charge in [0.25, 0.3) is 0 Å². The number of rotatable bonds is 33. The van der Waals surface area contributed by atoms with Gasteiger partial charge >= 0.3 is 5.97 Å². The highest BCUT2D eigenvalue weighted by Gasteiger charge is 2.42. The third kappa shape index (κ3) is 36.4. The molecule has 0 bridgehead atoms. The first-order chi connectivity index (χ1) is 59.0. The number of aliphatic imine (C=N–C) groups is 3. The summed E-state index contributed by atoms with van der Waals surface area (Å²) in [4.78, 5) is 249. The number of primary amides is 1. The van der Waals surface area contributed by atoms with Gasteiger partial charge in [-0.3, -0.25) is 91.7 Å². The van der Waals surface area contributed by atoms with Crippen LogP contribution in [0, 0.1) is 5.92 Å². The molecule has 0 spiro atoms. The lowest BCUT2D eigenvalue weighted by Crippen LogP contribution is -2.62. The van der Waals surface area contributed by atoms with Crippen LogP contribution in [-0.2, 0) is 96.0 Å². The number of phenolic OH excluding ortho intramolecular Hbond substituents is 1. The molecular formula is C75H115N27O19S3. The molecule has 0 aliphatic carbocycles. The number of fused-ring (bicyclic) bond motifs is 1. The van der Waals surface area contributed by atoms with Crippen molar-refractivity contribution in [3.8, 4) is 5.75 Å². The Morgan fingerprint density at radius 2 is 1.19 bits per heavy atom. The number of nitrogens with one attached hydrogen (secondary N) is 14. The van der Waals surface area contributed by atoms with Crippen LogP contribution in [-0.4, -0.2) is 291 Å². The number of carbonyl (C=O) groups excluding carboxylic acids is 15. The Hall–Kier alpha value is -12.2. The molecule has 2 fully saturated rings. The SMILES string of the molecule is CC[C@H](C)[C@H]1NC(=O)[C@H](CCCN=C(N)N)NC(=O)[C@@H](CC(=O)O)NC(=O)[C@@H]2CCCN2C(=O)[C@@H](CCCN=C(N)N)NC(=O)CNC(=O)CNC(=O)[C@@H](Cc2ccccc2)NC(=O)[C@H](Cc2c[nH]cn2)NC(=O)[C@@H](NC(=O)[C@@H](N)CCSC)CSSC[C@@H](C(=O)N[C@@H](Cc2ccc(O)cc2)C(=O)N[C@@H](CCCN=C(N)N)C(N)=O)NC(=O)[C@H](CO)NC1=O. The summed E-state index contributed by atoms with van der Waals surface area (Å²) in [5.41, 5.74) is 46.4. The van der Waals surface area contributed by atoms with Crippen LogP contribution in [0.25, 0.3) is 0 Å². The van der Waals surface area contributed by atoms with E-state index >= 15 is 4.79 Å². The highest BCUT2D eigenvalue weighted by atomic mass is 33.1. The Labute approximate surface area is 726 Å². The van der Waals surface area contributed by atoms with Crippen molar-refractivity contribution >= 4 is 146 Å². The summed E-state index contributed by atoms with van der Waals surface area (Å²) in [6.07, 6.45) is 2.30. The molecule has 2 aliphatic rings. The van der Waals surface area contributed by atoms with Gasteiger partial charge in [-0.05, 0) is 99.0 Å². The maximum Gasteiger partial charge on any atom is 0.305 e. The number of guanidine groups is 3. The maximum absolute atomic E-state index is 15.1. The van der Waals surface area contributed by atoms with Crippen LogP contribution >= 0.6 is 33.3 Å². The van der Waals surface area contributed by atoms with E-state index in [-0.39, 0.29) is 139 Å². The molecule has 3 heterocycles. The fraction of sp³-hybridized carbons (Fsp3) is 0.547. The summed E-state index contributed by atoms with van der Waals surface area (Å²) >= 11 is 1.37. The van der Waals surface area contributed by atoms with Crippen LogP contribution in [0.1, 0.15) is 101 Å². The van der Waals surface area contributed by atoms with E-state index in [2.05, 4.69) is 94.1 Å². The van der Waals surface area contributed by atoms with Crippen LogP contribution in [0.15, 0.2) is 82.1 Å². The lowest BCUT2D eigenvalue weighted by Gasteiger charge is -2.30. The molecule has 2 aliphatic heterocycles. The molecule has 2 saturated heterocycles. The molecule has 0 saturated carbocycles. The van der Waals surface area contributed by atoms with Crippen molar-refractivity contribution in [2.75, 3.05) is 69.4 Å². The van der Waals surface area contributed by atoms with Gasteiger partial charge in [-0.2, -0.15) is 11.8 Å². The van der Waals surface area contributed by atoms with Gasteiger partial charge in [0.05, 0.1) is 44.2 Å². The highest BCUT2D eigenvalue weighted by Crippen LogP contribution is 2.25. The van der Waals surface area contributed by atoms with Crippen LogP contribution < -0.4 is 115 Å². The third-order valence-electron chi connectivity index (χ3n) is 19.4. The van der Waals surface area contributed by atoms with E-state index < -0.39 is 217 Å². The number of carbonyl (C=O) groups is 16. The molecule has 46 nitrogen and oxygen atoms in total. The summed E-state index contributed by atoms with van der Waals surface area (Å²) in [5, 5.41) is 64.1. The number of hydrogen-bond acceptors (Lipinski definition) is 26. The molecule has 1 aromatic heterocycles. The predicted octanol–water partition coefficient (Wildman–Crippen LogP) is -8.67. The van der Waals surface area contributed by atoms with Crippen molar-refractivity contribution in [3.05, 3.63) is 83.9 Å². The number of phenols is 1. The number of thioether (sulfide) groups is 1. The monoisotopic (exact) mass is 1790 g/mol. The van der Waals surface area contributed by atoms with E-state index in [9.17, 15) is 87.2 Å². The van der Waals surface area contributed by atoms with Gasteiger partial charge in [-0.25, -0.2) is 4.98 Å². The third-order valence-corrected chi connectivity index (χ3v) is 22.5. The van der Waals surface area contributed by atoms with Crippen molar-refractivity contribution in [3.63, 3.8) is 0 Å². The first-order valence-corrected chi connectivity index (χ1v) is 43.6. The predicted molar refractivity (Wildman–Crippen MR) is 460 cm³/mol. The normalized spacial score (nSPS) is 22.2.